The molecule has 1 fully saturated rings. The number of nitrogens with zero attached hydrogens (tertiary/aromatic N) is 2. The Bertz CT molecular complexity index is 317. The van der Waals surface area contributed by atoms with Gasteiger partial charge in [-0.2, -0.15) is 5.26 Å². The Morgan fingerprint density at radius 3 is 2.85 bits per heavy atom. The molecule has 0 aromatic carbocycles. The minimum Gasteiger partial charge on any atom is -0.367 e. The summed E-state index contributed by atoms with van der Waals surface area (Å²) < 4.78 is 0. The minimum absolute atomic E-state index is 0.0417. The molecule has 1 rings (SSSR count). The van der Waals surface area contributed by atoms with Crippen molar-refractivity contribution in [3.8, 4) is 6.07 Å². The number of ketones is 1. The van der Waals surface area contributed by atoms with Gasteiger partial charge in [0.1, 0.15) is 11.6 Å². The summed E-state index contributed by atoms with van der Waals surface area (Å²) in [6.07, 6.45) is 0.179. The van der Waals surface area contributed by atoms with Crippen molar-refractivity contribution in [1.82, 2.24) is 4.90 Å². The summed E-state index contributed by atoms with van der Waals surface area (Å²) in [6.45, 7) is 0.803. The van der Waals surface area contributed by atoms with Gasteiger partial charge < -0.3 is 4.90 Å². The standard InChI is InChI=1S/C8H8N2O2S/c1-10-2-3-13-8(10)6(4-9)7(12)5-11/h5H,2-3H2,1H3. The number of nitriles is 1. The molecule has 13 heavy (non-hydrogen) atoms. The van der Waals surface area contributed by atoms with Crippen LogP contribution < -0.4 is 0 Å². The van der Waals surface area contributed by atoms with E-state index in [-0.39, 0.29) is 11.9 Å². The van der Waals surface area contributed by atoms with Gasteiger partial charge in [-0.1, -0.05) is 0 Å². The third-order valence-corrected chi connectivity index (χ3v) is 2.87. The lowest BCUT2D eigenvalue weighted by atomic mass is 10.2. The Hall–Kier alpha value is -1.28. The topological polar surface area (TPSA) is 61.2 Å². The van der Waals surface area contributed by atoms with E-state index in [0.717, 1.165) is 12.3 Å². The number of allylic oxidation sites excluding steroid dienone is 1. The van der Waals surface area contributed by atoms with Gasteiger partial charge in [0.25, 0.3) is 0 Å². The quantitative estimate of drug-likeness (QED) is 0.272. The van der Waals surface area contributed by atoms with Gasteiger partial charge in [-0.3, -0.25) is 9.59 Å². The second-order valence-electron chi connectivity index (χ2n) is 2.54. The molecule has 1 aliphatic heterocycles. The van der Waals surface area contributed by atoms with E-state index in [4.69, 9.17) is 5.26 Å². The number of rotatable bonds is 2. The normalized spacial score (nSPS) is 19.5. The van der Waals surface area contributed by atoms with Crippen LogP contribution >= 0.6 is 11.8 Å². The summed E-state index contributed by atoms with van der Waals surface area (Å²) in [4.78, 5) is 23.0. The molecule has 0 bridgehead atoms. The summed E-state index contributed by atoms with van der Waals surface area (Å²) in [7, 11) is 1.80. The number of carbonyl (C=O) groups is 2. The van der Waals surface area contributed by atoms with Gasteiger partial charge in [-0.25, -0.2) is 0 Å². The van der Waals surface area contributed by atoms with E-state index in [9.17, 15) is 9.59 Å². The van der Waals surface area contributed by atoms with Crippen molar-refractivity contribution in [2.45, 2.75) is 0 Å². The van der Waals surface area contributed by atoms with Crippen LogP contribution in [0.15, 0.2) is 10.6 Å². The molecule has 1 heterocycles. The fourth-order valence-electron chi connectivity index (χ4n) is 1.02. The first-order chi connectivity index (χ1) is 6.20. The summed E-state index contributed by atoms with van der Waals surface area (Å²) in [6, 6.07) is 1.76. The molecule has 68 valence electrons. The van der Waals surface area contributed by atoms with Crippen LogP contribution in [-0.4, -0.2) is 36.3 Å². The molecule has 0 radical (unpaired) electrons. The minimum atomic E-state index is -0.737. The fraction of sp³-hybridized carbons (Fsp3) is 0.375. The van der Waals surface area contributed by atoms with Gasteiger partial charge in [0.05, 0.1) is 5.03 Å². The molecule has 1 saturated heterocycles. The third kappa shape index (κ3) is 1.90. The second-order valence-corrected chi connectivity index (χ2v) is 3.63. The summed E-state index contributed by atoms with van der Waals surface area (Å²) in [5.41, 5.74) is -0.0417. The molecule has 0 aromatic heterocycles. The van der Waals surface area contributed by atoms with E-state index in [1.54, 1.807) is 13.1 Å². The van der Waals surface area contributed by atoms with E-state index in [2.05, 4.69) is 0 Å². The monoisotopic (exact) mass is 196 g/mol. The van der Waals surface area contributed by atoms with Crippen molar-refractivity contribution in [3.05, 3.63) is 10.6 Å². The summed E-state index contributed by atoms with van der Waals surface area (Å²) in [5, 5.41) is 9.29. The van der Waals surface area contributed by atoms with E-state index in [0.29, 0.717) is 5.03 Å². The lowest BCUT2D eigenvalue weighted by molar-refractivity contribution is -0.127. The van der Waals surface area contributed by atoms with E-state index < -0.39 is 5.78 Å². The molecule has 0 saturated carbocycles. The molecule has 0 N–H and O–H groups in total. The van der Waals surface area contributed by atoms with Crippen LogP contribution in [0.2, 0.25) is 0 Å². The van der Waals surface area contributed by atoms with Crippen molar-refractivity contribution in [2.75, 3.05) is 19.3 Å². The first-order valence-corrected chi connectivity index (χ1v) is 4.67. The Morgan fingerprint density at radius 1 is 1.77 bits per heavy atom. The average molecular weight is 196 g/mol. The Balaban J connectivity index is 3.05. The van der Waals surface area contributed by atoms with Crippen LogP contribution in [0, 0.1) is 11.3 Å². The molecular weight excluding hydrogens is 188 g/mol. The maximum Gasteiger partial charge on any atom is 0.238 e. The molecule has 0 aromatic rings. The highest BCUT2D eigenvalue weighted by Gasteiger charge is 2.22. The molecule has 0 unspecified atom stereocenters. The number of thioether (sulfide) groups is 1. The number of carbonyl (C=O) groups excluding carboxylic acids is 2. The van der Waals surface area contributed by atoms with Crippen LogP contribution in [0.1, 0.15) is 0 Å². The first-order valence-electron chi connectivity index (χ1n) is 3.68. The number of Topliss-reactive ketones (excluding diaryl/α,β-unsaturated/α-hetero) is 1. The Labute approximate surface area is 80.2 Å². The molecule has 1 aliphatic rings. The molecular formula is C8H8N2O2S. The average Bonchev–Trinajstić information content (AvgIpc) is 2.53. The highest BCUT2D eigenvalue weighted by atomic mass is 32.2. The zero-order valence-corrected chi connectivity index (χ0v) is 7.93. The van der Waals surface area contributed by atoms with Gasteiger partial charge in [-0.15, -0.1) is 11.8 Å². The number of hydrogen-bond acceptors (Lipinski definition) is 5. The fourth-order valence-corrected chi connectivity index (χ4v) is 2.18. The van der Waals surface area contributed by atoms with E-state index in [1.807, 2.05) is 4.90 Å². The molecule has 4 nitrogen and oxygen atoms in total. The molecule has 5 heteroatoms. The van der Waals surface area contributed by atoms with Gasteiger partial charge in [0, 0.05) is 19.3 Å². The maximum absolute atomic E-state index is 11.0. The van der Waals surface area contributed by atoms with Crippen molar-refractivity contribution < 1.29 is 9.59 Å². The predicted octanol–water partition coefficient (Wildman–Crippen LogP) is 0.168. The lowest BCUT2D eigenvalue weighted by Gasteiger charge is -2.11. The number of aldehydes is 1. The summed E-state index contributed by atoms with van der Waals surface area (Å²) in [5.74, 6) is 0.113. The highest BCUT2D eigenvalue weighted by molar-refractivity contribution is 8.03. The maximum atomic E-state index is 11.0. The van der Waals surface area contributed by atoms with E-state index in [1.165, 1.54) is 11.8 Å². The van der Waals surface area contributed by atoms with Crippen LogP contribution in [0.3, 0.4) is 0 Å². The third-order valence-electron chi connectivity index (χ3n) is 1.69. The van der Waals surface area contributed by atoms with Crippen molar-refractivity contribution >= 4 is 23.8 Å². The van der Waals surface area contributed by atoms with Gasteiger partial charge in [0.2, 0.25) is 5.78 Å². The Morgan fingerprint density at radius 2 is 2.46 bits per heavy atom. The van der Waals surface area contributed by atoms with Crippen molar-refractivity contribution in [2.24, 2.45) is 0 Å². The largest absolute Gasteiger partial charge is 0.367 e. The molecule has 0 atom stereocenters. The predicted molar refractivity (Wildman–Crippen MR) is 48.8 cm³/mol. The molecule has 0 aliphatic carbocycles. The zero-order valence-electron chi connectivity index (χ0n) is 7.11. The van der Waals surface area contributed by atoms with Crippen LogP contribution in [0.4, 0.5) is 0 Å². The SMILES string of the molecule is CN1CCSC1=C(C#N)C(=O)C=O. The molecule has 0 spiro atoms. The number of hydrogen-bond donors (Lipinski definition) is 0. The van der Waals surface area contributed by atoms with E-state index >= 15 is 0 Å². The second kappa shape index (κ2) is 4.10. The lowest BCUT2D eigenvalue weighted by Crippen LogP contribution is -2.15. The summed E-state index contributed by atoms with van der Waals surface area (Å²) >= 11 is 1.43. The smallest absolute Gasteiger partial charge is 0.238 e. The van der Waals surface area contributed by atoms with Gasteiger partial charge >= 0.3 is 0 Å². The van der Waals surface area contributed by atoms with Crippen molar-refractivity contribution in [3.63, 3.8) is 0 Å². The van der Waals surface area contributed by atoms with Gasteiger partial charge in [-0.05, 0) is 0 Å². The van der Waals surface area contributed by atoms with Crippen LogP contribution in [0.5, 0.6) is 0 Å². The Kier molecular flexibility index (Phi) is 3.09. The highest BCUT2D eigenvalue weighted by Crippen LogP contribution is 2.28. The van der Waals surface area contributed by atoms with Crippen LogP contribution in [0.25, 0.3) is 0 Å². The zero-order chi connectivity index (χ0) is 9.84. The van der Waals surface area contributed by atoms with Crippen molar-refractivity contribution in [1.29, 1.82) is 5.26 Å². The first kappa shape index (κ1) is 9.81. The van der Waals surface area contributed by atoms with Gasteiger partial charge in [0.15, 0.2) is 6.29 Å². The van der Waals surface area contributed by atoms with Crippen LogP contribution in [-0.2, 0) is 9.59 Å². The molecule has 0 amide bonds.